The second kappa shape index (κ2) is 9.95. The molecular formula is C25H28N4O6. The van der Waals surface area contributed by atoms with E-state index in [-0.39, 0.29) is 36.9 Å². The number of aliphatic hydroxyl groups is 2. The molecular weight excluding hydrogens is 452 g/mol. The molecule has 0 aliphatic carbocycles. The maximum Gasteiger partial charge on any atom is 0.269 e. The number of non-ortho nitro benzene ring substituents is 1. The summed E-state index contributed by atoms with van der Waals surface area (Å²) in [6.07, 6.45) is 3.67. The van der Waals surface area contributed by atoms with Crippen LogP contribution in [-0.2, 0) is 21.7 Å². The van der Waals surface area contributed by atoms with Gasteiger partial charge in [-0.25, -0.2) is 0 Å². The third-order valence-electron chi connectivity index (χ3n) is 6.52. The molecule has 10 nitrogen and oxygen atoms in total. The molecule has 0 saturated carbocycles. The number of nitrogens with one attached hydrogen (secondary N) is 1. The Hall–Kier alpha value is -3.60. The van der Waals surface area contributed by atoms with Gasteiger partial charge in [-0.2, -0.15) is 0 Å². The second-order valence-electron chi connectivity index (χ2n) is 8.73. The van der Waals surface area contributed by atoms with Crippen molar-refractivity contribution >= 4 is 28.9 Å². The number of nitrogens with zero attached hydrogens (tertiary/aromatic N) is 3. The van der Waals surface area contributed by atoms with E-state index in [1.165, 1.54) is 23.1 Å². The van der Waals surface area contributed by atoms with Crippen molar-refractivity contribution in [2.24, 2.45) is 5.92 Å². The number of nitro benzene ring substituents is 1. The van der Waals surface area contributed by atoms with Crippen molar-refractivity contribution in [1.82, 2.24) is 5.32 Å². The molecule has 2 heterocycles. The number of hydrogen-bond acceptors (Lipinski definition) is 7. The van der Waals surface area contributed by atoms with Crippen molar-refractivity contribution < 1.29 is 24.7 Å². The highest BCUT2D eigenvalue weighted by atomic mass is 16.6. The Morgan fingerprint density at radius 1 is 1.23 bits per heavy atom. The summed E-state index contributed by atoms with van der Waals surface area (Å²) in [4.78, 5) is 39.7. The summed E-state index contributed by atoms with van der Waals surface area (Å²) >= 11 is 0. The SMILES string of the molecule is C[C@H](/C=C/CCO)[C@@]1(O)C(=O)N(Cc2ccc(N3CCNCC3=O)cc2)c2ccc([N+](=O)[O-])cc21. The number of carbonyl (C=O) groups is 2. The monoisotopic (exact) mass is 480 g/mol. The lowest BCUT2D eigenvalue weighted by Crippen LogP contribution is -2.48. The number of aliphatic hydroxyl groups excluding tert-OH is 1. The molecule has 2 aliphatic heterocycles. The zero-order valence-corrected chi connectivity index (χ0v) is 19.4. The van der Waals surface area contributed by atoms with Gasteiger partial charge < -0.3 is 25.3 Å². The van der Waals surface area contributed by atoms with Gasteiger partial charge in [0.1, 0.15) is 0 Å². The normalized spacial score (nSPS) is 21.0. The van der Waals surface area contributed by atoms with Crippen molar-refractivity contribution in [3.8, 4) is 0 Å². The van der Waals surface area contributed by atoms with Gasteiger partial charge in [0.2, 0.25) is 5.91 Å². The average molecular weight is 481 g/mol. The molecule has 1 saturated heterocycles. The fraction of sp³-hybridized carbons (Fsp3) is 0.360. The van der Waals surface area contributed by atoms with Crippen LogP contribution in [0.15, 0.2) is 54.6 Å². The lowest BCUT2D eigenvalue weighted by molar-refractivity contribution is -0.385. The van der Waals surface area contributed by atoms with Crippen molar-refractivity contribution in [2.45, 2.75) is 25.5 Å². The first-order valence-corrected chi connectivity index (χ1v) is 11.5. The van der Waals surface area contributed by atoms with E-state index < -0.39 is 22.3 Å². The molecule has 4 rings (SSSR count). The van der Waals surface area contributed by atoms with Crippen LogP contribution in [0.25, 0.3) is 0 Å². The molecule has 2 atom stereocenters. The number of hydrogen-bond donors (Lipinski definition) is 3. The number of nitro groups is 1. The van der Waals surface area contributed by atoms with Crippen LogP contribution >= 0.6 is 0 Å². The summed E-state index contributed by atoms with van der Waals surface area (Å²) in [6.45, 7) is 3.31. The number of anilines is 2. The summed E-state index contributed by atoms with van der Waals surface area (Å²) < 4.78 is 0. The van der Waals surface area contributed by atoms with Gasteiger partial charge in [-0.05, 0) is 30.2 Å². The smallest absolute Gasteiger partial charge is 0.269 e. The Morgan fingerprint density at radius 3 is 2.63 bits per heavy atom. The summed E-state index contributed by atoms with van der Waals surface area (Å²) in [5.74, 6) is -1.27. The first-order valence-electron chi connectivity index (χ1n) is 11.5. The molecule has 0 spiro atoms. The molecule has 0 aromatic heterocycles. The van der Waals surface area contributed by atoms with Crippen molar-refractivity contribution in [2.75, 3.05) is 36.0 Å². The van der Waals surface area contributed by atoms with Crippen LogP contribution in [0, 0.1) is 16.0 Å². The Kier molecular flexibility index (Phi) is 6.97. The molecule has 0 bridgehead atoms. The maximum atomic E-state index is 13.6. The zero-order valence-electron chi connectivity index (χ0n) is 19.4. The van der Waals surface area contributed by atoms with Gasteiger partial charge in [0.05, 0.1) is 23.7 Å². The van der Waals surface area contributed by atoms with Crippen LogP contribution in [0.2, 0.25) is 0 Å². The second-order valence-corrected chi connectivity index (χ2v) is 8.73. The van der Waals surface area contributed by atoms with Crippen LogP contribution in [0.3, 0.4) is 0 Å². The number of fused-ring (bicyclic) bond motifs is 1. The first-order chi connectivity index (χ1) is 16.8. The molecule has 1 fully saturated rings. The van der Waals surface area contributed by atoms with E-state index in [0.29, 0.717) is 25.2 Å². The first kappa shape index (κ1) is 24.5. The lowest BCUT2D eigenvalue weighted by Gasteiger charge is -2.28. The van der Waals surface area contributed by atoms with Gasteiger partial charge in [0, 0.05) is 49.0 Å². The van der Waals surface area contributed by atoms with E-state index in [4.69, 9.17) is 5.11 Å². The van der Waals surface area contributed by atoms with E-state index >= 15 is 0 Å². The van der Waals surface area contributed by atoms with Gasteiger partial charge in [-0.15, -0.1) is 0 Å². The summed E-state index contributed by atoms with van der Waals surface area (Å²) in [5, 5.41) is 35.1. The molecule has 10 heteroatoms. The minimum absolute atomic E-state index is 0.0115. The fourth-order valence-electron chi connectivity index (χ4n) is 4.56. The predicted molar refractivity (Wildman–Crippen MR) is 130 cm³/mol. The minimum atomic E-state index is -1.99. The van der Waals surface area contributed by atoms with E-state index in [2.05, 4.69) is 5.32 Å². The van der Waals surface area contributed by atoms with Crippen LogP contribution in [-0.4, -0.2) is 53.2 Å². The largest absolute Gasteiger partial charge is 0.396 e. The summed E-state index contributed by atoms with van der Waals surface area (Å²) in [6, 6.07) is 11.3. The number of carbonyl (C=O) groups excluding carboxylic acids is 2. The third kappa shape index (κ3) is 4.55. The van der Waals surface area contributed by atoms with E-state index in [1.54, 1.807) is 24.0 Å². The number of amides is 2. The quantitative estimate of drug-likeness (QED) is 0.298. The highest BCUT2D eigenvalue weighted by Crippen LogP contribution is 2.47. The van der Waals surface area contributed by atoms with E-state index in [1.807, 2.05) is 24.3 Å². The van der Waals surface area contributed by atoms with Crippen molar-refractivity contribution in [1.29, 1.82) is 0 Å². The standard InChI is InChI=1S/C25H28N4O6/c1-17(4-2-3-13-30)25(33)21-14-20(29(34)35)9-10-22(21)28(24(25)32)16-18-5-7-19(8-6-18)27-12-11-26-15-23(27)31/h2,4-10,14,17,26,30,33H,3,11-13,15-16H2,1H3/b4-2+/t17-,25+/m1/s1. The Bertz CT molecular complexity index is 1170. The summed E-state index contributed by atoms with van der Waals surface area (Å²) in [5.41, 5.74) is -0.0634. The van der Waals surface area contributed by atoms with E-state index in [0.717, 1.165) is 11.3 Å². The van der Waals surface area contributed by atoms with Crippen LogP contribution < -0.4 is 15.1 Å². The van der Waals surface area contributed by atoms with Crippen molar-refractivity contribution in [3.63, 3.8) is 0 Å². The summed E-state index contributed by atoms with van der Waals surface area (Å²) in [7, 11) is 0. The number of piperazine rings is 1. The molecule has 35 heavy (non-hydrogen) atoms. The molecule has 184 valence electrons. The number of rotatable bonds is 8. The zero-order chi connectivity index (χ0) is 25.2. The van der Waals surface area contributed by atoms with Crippen LogP contribution in [0.4, 0.5) is 17.1 Å². The number of benzene rings is 2. The highest BCUT2D eigenvalue weighted by molar-refractivity contribution is 6.07. The predicted octanol–water partition coefficient (Wildman–Crippen LogP) is 1.84. The molecule has 2 aliphatic rings. The molecule has 2 aromatic rings. The molecule has 0 unspecified atom stereocenters. The van der Waals surface area contributed by atoms with Gasteiger partial charge in [0.15, 0.2) is 5.60 Å². The van der Waals surface area contributed by atoms with Crippen molar-refractivity contribution in [3.05, 3.63) is 75.9 Å². The van der Waals surface area contributed by atoms with Gasteiger partial charge in [-0.3, -0.25) is 19.7 Å². The maximum absolute atomic E-state index is 13.6. The molecule has 0 radical (unpaired) electrons. The average Bonchev–Trinajstić information content (AvgIpc) is 3.07. The van der Waals surface area contributed by atoms with Gasteiger partial charge in [-0.1, -0.05) is 31.2 Å². The fourth-order valence-corrected chi connectivity index (χ4v) is 4.56. The third-order valence-corrected chi connectivity index (χ3v) is 6.52. The van der Waals surface area contributed by atoms with E-state index in [9.17, 15) is 24.8 Å². The minimum Gasteiger partial charge on any atom is -0.396 e. The Labute approximate surface area is 202 Å². The van der Waals surface area contributed by atoms with Gasteiger partial charge in [0.25, 0.3) is 11.6 Å². The molecule has 2 amide bonds. The lowest BCUT2D eigenvalue weighted by atomic mass is 9.82. The molecule has 2 aromatic carbocycles. The Balaban J connectivity index is 1.65. The molecule has 3 N–H and O–H groups in total. The van der Waals surface area contributed by atoms with Crippen LogP contribution in [0.5, 0.6) is 0 Å². The van der Waals surface area contributed by atoms with Gasteiger partial charge >= 0.3 is 0 Å². The Morgan fingerprint density at radius 2 is 1.97 bits per heavy atom. The highest BCUT2D eigenvalue weighted by Gasteiger charge is 2.53. The topological polar surface area (TPSA) is 136 Å². The van der Waals surface area contributed by atoms with Crippen LogP contribution in [0.1, 0.15) is 24.5 Å².